The van der Waals surface area contributed by atoms with Crippen molar-refractivity contribution in [2.45, 2.75) is 32.7 Å². The van der Waals surface area contributed by atoms with E-state index in [2.05, 4.69) is 44.9 Å². The zero-order chi connectivity index (χ0) is 14.0. The lowest BCUT2D eigenvalue weighted by atomic mass is 9.90. The molecule has 0 fully saturated rings. The van der Waals surface area contributed by atoms with Crippen LogP contribution in [0.15, 0.2) is 27.5 Å². The summed E-state index contributed by atoms with van der Waals surface area (Å²) in [5.41, 5.74) is 6.81. The van der Waals surface area contributed by atoms with Gasteiger partial charge in [-0.15, -0.1) is 0 Å². The van der Waals surface area contributed by atoms with Gasteiger partial charge in [0, 0.05) is 28.5 Å². The van der Waals surface area contributed by atoms with E-state index in [0.29, 0.717) is 17.6 Å². The number of nitrogens with two attached hydrogens (primary N) is 1. The number of nitrogens with zero attached hydrogens (tertiary/aromatic N) is 3. The number of hydrogen-bond acceptors (Lipinski definition) is 5. The SMILES string of the molecule is CC(C)C(c1nc(-c2cncc(Br)c2)no1)C(C)N. The van der Waals surface area contributed by atoms with Crippen molar-refractivity contribution in [3.8, 4) is 11.4 Å². The van der Waals surface area contributed by atoms with Crippen LogP contribution in [0.25, 0.3) is 11.4 Å². The highest BCUT2D eigenvalue weighted by Crippen LogP contribution is 2.28. The second kappa shape index (κ2) is 5.79. The molecule has 2 aromatic rings. The normalized spacial score (nSPS) is 14.6. The first-order valence-electron chi connectivity index (χ1n) is 6.19. The highest BCUT2D eigenvalue weighted by Gasteiger charge is 2.26. The zero-order valence-corrected chi connectivity index (χ0v) is 12.8. The topological polar surface area (TPSA) is 77.8 Å². The fourth-order valence-corrected chi connectivity index (χ4v) is 2.50. The molecule has 102 valence electrons. The molecule has 0 amide bonds. The minimum absolute atomic E-state index is 0.0334. The summed E-state index contributed by atoms with van der Waals surface area (Å²) in [7, 11) is 0. The Hall–Kier alpha value is -1.27. The van der Waals surface area contributed by atoms with Gasteiger partial charge >= 0.3 is 0 Å². The highest BCUT2D eigenvalue weighted by atomic mass is 79.9. The molecule has 0 radical (unpaired) electrons. The van der Waals surface area contributed by atoms with Crippen LogP contribution in [0.4, 0.5) is 0 Å². The van der Waals surface area contributed by atoms with E-state index in [4.69, 9.17) is 10.3 Å². The molecule has 2 atom stereocenters. The minimum Gasteiger partial charge on any atom is -0.339 e. The van der Waals surface area contributed by atoms with Crippen molar-refractivity contribution in [3.05, 3.63) is 28.8 Å². The van der Waals surface area contributed by atoms with Crippen LogP contribution in [0.3, 0.4) is 0 Å². The van der Waals surface area contributed by atoms with Gasteiger partial charge in [-0.25, -0.2) is 0 Å². The fraction of sp³-hybridized carbons (Fsp3) is 0.462. The zero-order valence-electron chi connectivity index (χ0n) is 11.2. The third-order valence-corrected chi connectivity index (χ3v) is 3.41. The van der Waals surface area contributed by atoms with E-state index in [1.54, 1.807) is 12.4 Å². The van der Waals surface area contributed by atoms with Crippen molar-refractivity contribution in [1.82, 2.24) is 15.1 Å². The van der Waals surface area contributed by atoms with Gasteiger partial charge in [0.25, 0.3) is 0 Å². The van der Waals surface area contributed by atoms with Gasteiger partial charge in [-0.05, 0) is 34.8 Å². The summed E-state index contributed by atoms with van der Waals surface area (Å²) in [4.78, 5) is 8.54. The van der Waals surface area contributed by atoms with Gasteiger partial charge in [-0.1, -0.05) is 19.0 Å². The van der Waals surface area contributed by atoms with Gasteiger partial charge in [-0.3, -0.25) is 4.98 Å². The number of halogens is 1. The van der Waals surface area contributed by atoms with Crippen molar-refractivity contribution in [3.63, 3.8) is 0 Å². The van der Waals surface area contributed by atoms with Crippen LogP contribution in [0.1, 0.15) is 32.6 Å². The summed E-state index contributed by atoms with van der Waals surface area (Å²) in [6.45, 7) is 6.15. The van der Waals surface area contributed by atoms with Crippen LogP contribution in [0, 0.1) is 5.92 Å². The van der Waals surface area contributed by atoms with Gasteiger partial charge in [-0.2, -0.15) is 4.98 Å². The van der Waals surface area contributed by atoms with Crippen molar-refractivity contribution < 1.29 is 4.52 Å². The Bertz CT molecular complexity index is 545. The molecule has 2 aromatic heterocycles. The van der Waals surface area contributed by atoms with Crippen LogP contribution >= 0.6 is 15.9 Å². The number of pyridine rings is 1. The molecule has 2 unspecified atom stereocenters. The Labute approximate surface area is 120 Å². The molecule has 0 aliphatic carbocycles. The van der Waals surface area contributed by atoms with Gasteiger partial charge in [0.2, 0.25) is 11.7 Å². The predicted octanol–water partition coefficient (Wildman–Crippen LogP) is 2.98. The number of hydrogen-bond donors (Lipinski definition) is 1. The lowest BCUT2D eigenvalue weighted by molar-refractivity contribution is 0.300. The molecule has 0 saturated carbocycles. The van der Waals surface area contributed by atoms with Crippen molar-refractivity contribution in [2.75, 3.05) is 0 Å². The maximum Gasteiger partial charge on any atom is 0.231 e. The monoisotopic (exact) mass is 324 g/mol. The standard InChI is InChI=1S/C13H17BrN4O/c1-7(2)11(8(3)15)13-17-12(18-19-13)9-4-10(14)6-16-5-9/h4-8,11H,15H2,1-3H3. The highest BCUT2D eigenvalue weighted by molar-refractivity contribution is 9.10. The lowest BCUT2D eigenvalue weighted by Crippen LogP contribution is -2.28. The third kappa shape index (κ3) is 3.19. The first kappa shape index (κ1) is 14.1. The average Bonchev–Trinajstić information content (AvgIpc) is 2.77. The molecule has 0 aliphatic heterocycles. The van der Waals surface area contributed by atoms with Crippen LogP contribution < -0.4 is 5.73 Å². The van der Waals surface area contributed by atoms with Gasteiger partial charge in [0.1, 0.15) is 0 Å². The molecule has 19 heavy (non-hydrogen) atoms. The van der Waals surface area contributed by atoms with E-state index in [1.807, 2.05) is 13.0 Å². The Morgan fingerprint density at radius 1 is 1.26 bits per heavy atom. The molecular weight excluding hydrogens is 308 g/mol. The van der Waals surface area contributed by atoms with Crippen LogP contribution in [-0.2, 0) is 0 Å². The van der Waals surface area contributed by atoms with E-state index < -0.39 is 0 Å². The molecular formula is C13H17BrN4O. The summed E-state index contributed by atoms with van der Waals surface area (Å²) >= 11 is 3.37. The lowest BCUT2D eigenvalue weighted by Gasteiger charge is -2.20. The molecule has 6 heteroatoms. The quantitative estimate of drug-likeness (QED) is 0.935. The van der Waals surface area contributed by atoms with Crippen LogP contribution in [0.2, 0.25) is 0 Å². The molecule has 0 bridgehead atoms. The molecule has 0 saturated heterocycles. The van der Waals surface area contributed by atoms with Gasteiger partial charge < -0.3 is 10.3 Å². The molecule has 0 aliphatic rings. The van der Waals surface area contributed by atoms with Crippen molar-refractivity contribution in [1.29, 1.82) is 0 Å². The Balaban J connectivity index is 2.33. The van der Waals surface area contributed by atoms with Crippen molar-refractivity contribution >= 4 is 15.9 Å². The number of rotatable bonds is 4. The van der Waals surface area contributed by atoms with Gasteiger partial charge in [0.15, 0.2) is 0 Å². The maximum atomic E-state index is 5.99. The molecule has 0 spiro atoms. The largest absolute Gasteiger partial charge is 0.339 e. The average molecular weight is 325 g/mol. The molecule has 2 N–H and O–H groups in total. The first-order valence-corrected chi connectivity index (χ1v) is 6.98. The van der Waals surface area contributed by atoms with Crippen molar-refractivity contribution in [2.24, 2.45) is 11.7 Å². The fourth-order valence-electron chi connectivity index (χ4n) is 2.14. The Morgan fingerprint density at radius 3 is 2.58 bits per heavy atom. The predicted molar refractivity (Wildman–Crippen MR) is 76.5 cm³/mol. The van der Waals surface area contributed by atoms with E-state index in [-0.39, 0.29) is 12.0 Å². The summed E-state index contributed by atoms with van der Waals surface area (Å²) in [6, 6.07) is 1.87. The third-order valence-electron chi connectivity index (χ3n) is 2.97. The Kier molecular flexibility index (Phi) is 4.31. The summed E-state index contributed by atoms with van der Waals surface area (Å²) in [5.74, 6) is 1.52. The first-order chi connectivity index (χ1) is 8.99. The molecule has 2 heterocycles. The number of aromatic nitrogens is 3. The van der Waals surface area contributed by atoms with Gasteiger partial charge in [0.05, 0.1) is 5.92 Å². The van der Waals surface area contributed by atoms with Crippen LogP contribution in [0.5, 0.6) is 0 Å². The second-order valence-corrected chi connectivity index (χ2v) is 5.89. The molecule has 0 aromatic carbocycles. The Morgan fingerprint density at radius 2 is 2.00 bits per heavy atom. The van der Waals surface area contributed by atoms with E-state index in [0.717, 1.165) is 10.0 Å². The molecule has 5 nitrogen and oxygen atoms in total. The second-order valence-electron chi connectivity index (χ2n) is 4.98. The summed E-state index contributed by atoms with van der Waals surface area (Å²) in [5, 5.41) is 4.01. The van der Waals surface area contributed by atoms with E-state index in [9.17, 15) is 0 Å². The van der Waals surface area contributed by atoms with E-state index >= 15 is 0 Å². The maximum absolute atomic E-state index is 5.99. The van der Waals surface area contributed by atoms with E-state index in [1.165, 1.54) is 0 Å². The summed E-state index contributed by atoms with van der Waals surface area (Å²) < 4.78 is 6.24. The minimum atomic E-state index is -0.0334. The smallest absolute Gasteiger partial charge is 0.231 e. The van der Waals surface area contributed by atoms with Crippen LogP contribution in [-0.4, -0.2) is 21.2 Å². The summed E-state index contributed by atoms with van der Waals surface area (Å²) in [6.07, 6.45) is 3.42. The molecule has 2 rings (SSSR count).